The van der Waals surface area contributed by atoms with Crippen molar-refractivity contribution in [3.63, 3.8) is 0 Å². The van der Waals surface area contributed by atoms with Gasteiger partial charge in [0, 0.05) is 24.7 Å². The van der Waals surface area contributed by atoms with Crippen molar-refractivity contribution >= 4 is 41.2 Å². The molecule has 208 valence electrons. The highest BCUT2D eigenvalue weighted by atomic mass is 16.5. The summed E-state index contributed by atoms with van der Waals surface area (Å²) in [5, 5.41) is 2.77. The first-order valence-corrected chi connectivity index (χ1v) is 13.3. The Balaban J connectivity index is 1.28. The molecule has 8 heteroatoms. The van der Waals surface area contributed by atoms with Gasteiger partial charge < -0.3 is 10.1 Å². The standard InChI is InChI=1S/C34H26N2O6/c1-22(37)42-31-18-12-24(19-20-36-33(40)27-9-5-6-10-28(27)34(36)41)21-29(31)32(39)35-26-15-13-25(14-16-26)30(38)17-11-23-7-3-2-4-8-23/h2-18,21H,19-20H2,1H3,(H,35,39)/b17-11+. The van der Waals surface area contributed by atoms with E-state index in [4.69, 9.17) is 4.74 Å². The van der Waals surface area contributed by atoms with Gasteiger partial charge in [-0.15, -0.1) is 0 Å². The molecule has 1 N–H and O–H groups in total. The zero-order chi connectivity index (χ0) is 29.6. The second kappa shape index (κ2) is 12.3. The topological polar surface area (TPSA) is 110 Å². The van der Waals surface area contributed by atoms with Gasteiger partial charge in [-0.2, -0.15) is 0 Å². The van der Waals surface area contributed by atoms with Crippen LogP contribution in [0.4, 0.5) is 5.69 Å². The summed E-state index contributed by atoms with van der Waals surface area (Å²) in [6, 6.07) is 27.3. The van der Waals surface area contributed by atoms with Crippen molar-refractivity contribution in [2.45, 2.75) is 13.3 Å². The van der Waals surface area contributed by atoms with Gasteiger partial charge in [-0.1, -0.05) is 54.6 Å². The summed E-state index contributed by atoms with van der Waals surface area (Å²) in [5.74, 6) is -1.95. The van der Waals surface area contributed by atoms with Gasteiger partial charge in [0.15, 0.2) is 5.78 Å². The Bertz CT molecular complexity index is 1690. The Kier molecular flexibility index (Phi) is 8.15. The molecule has 0 aromatic heterocycles. The zero-order valence-electron chi connectivity index (χ0n) is 22.7. The van der Waals surface area contributed by atoms with Crippen LogP contribution in [0, 0.1) is 0 Å². The lowest BCUT2D eigenvalue weighted by Gasteiger charge is -2.15. The molecule has 4 aromatic rings. The molecule has 0 spiro atoms. The van der Waals surface area contributed by atoms with E-state index in [9.17, 15) is 24.0 Å². The molecule has 0 fully saturated rings. The molecule has 3 amide bonds. The third-order valence-corrected chi connectivity index (χ3v) is 6.70. The van der Waals surface area contributed by atoms with E-state index in [-0.39, 0.29) is 35.5 Å². The fraction of sp³-hybridized carbons (Fsp3) is 0.0882. The van der Waals surface area contributed by atoms with Crippen LogP contribution in [0.2, 0.25) is 0 Å². The monoisotopic (exact) mass is 558 g/mol. The van der Waals surface area contributed by atoms with Crippen molar-refractivity contribution in [3.05, 3.63) is 137 Å². The van der Waals surface area contributed by atoms with Crippen LogP contribution in [0.3, 0.4) is 0 Å². The molecule has 0 saturated carbocycles. The number of ether oxygens (including phenoxy) is 1. The number of amides is 3. The van der Waals surface area contributed by atoms with Crippen molar-refractivity contribution in [2.75, 3.05) is 11.9 Å². The largest absolute Gasteiger partial charge is 0.426 e. The van der Waals surface area contributed by atoms with Crippen LogP contribution >= 0.6 is 0 Å². The van der Waals surface area contributed by atoms with Crippen LogP contribution < -0.4 is 10.1 Å². The first kappa shape index (κ1) is 27.9. The number of fused-ring (bicyclic) bond motifs is 1. The number of hydrogen-bond acceptors (Lipinski definition) is 6. The van der Waals surface area contributed by atoms with Gasteiger partial charge in [0.05, 0.1) is 16.7 Å². The molecule has 1 heterocycles. The number of nitrogens with one attached hydrogen (secondary N) is 1. The normalized spacial score (nSPS) is 12.4. The van der Waals surface area contributed by atoms with Crippen LogP contribution in [0.15, 0.2) is 103 Å². The summed E-state index contributed by atoms with van der Waals surface area (Å²) < 4.78 is 5.26. The van der Waals surface area contributed by atoms with E-state index >= 15 is 0 Å². The van der Waals surface area contributed by atoms with Crippen LogP contribution in [-0.2, 0) is 11.2 Å². The molecule has 1 aliphatic heterocycles. The predicted molar refractivity (Wildman–Crippen MR) is 157 cm³/mol. The summed E-state index contributed by atoms with van der Waals surface area (Å²) in [6.07, 6.45) is 3.51. The minimum Gasteiger partial charge on any atom is -0.426 e. The number of esters is 1. The molecule has 42 heavy (non-hydrogen) atoms. The van der Waals surface area contributed by atoms with Gasteiger partial charge in [-0.3, -0.25) is 28.9 Å². The molecule has 4 aromatic carbocycles. The SMILES string of the molecule is CC(=O)Oc1ccc(CCN2C(=O)c3ccccc3C2=O)cc1C(=O)Nc1ccc(C(=O)/C=C/c2ccccc2)cc1. The van der Waals surface area contributed by atoms with Gasteiger partial charge >= 0.3 is 5.97 Å². The van der Waals surface area contributed by atoms with E-state index < -0.39 is 11.9 Å². The number of imide groups is 1. The third kappa shape index (κ3) is 6.23. The second-order valence-electron chi connectivity index (χ2n) is 9.62. The smallest absolute Gasteiger partial charge is 0.308 e. The Hall–Kier alpha value is -5.63. The number of ketones is 1. The van der Waals surface area contributed by atoms with Gasteiger partial charge in [0.2, 0.25) is 0 Å². The summed E-state index contributed by atoms with van der Waals surface area (Å²) in [4.78, 5) is 64.1. The highest BCUT2D eigenvalue weighted by molar-refractivity contribution is 6.21. The van der Waals surface area contributed by atoms with Crippen LogP contribution in [0.1, 0.15) is 59.5 Å². The average Bonchev–Trinajstić information content (AvgIpc) is 3.24. The van der Waals surface area contributed by atoms with Crippen molar-refractivity contribution < 1.29 is 28.7 Å². The first-order chi connectivity index (χ1) is 20.3. The molecule has 0 aliphatic carbocycles. The highest BCUT2D eigenvalue weighted by Crippen LogP contribution is 2.25. The molecule has 1 aliphatic rings. The van der Waals surface area contributed by atoms with E-state index in [1.807, 2.05) is 30.3 Å². The molecule has 5 rings (SSSR count). The second-order valence-corrected chi connectivity index (χ2v) is 9.62. The van der Waals surface area contributed by atoms with Crippen molar-refractivity contribution in [1.82, 2.24) is 4.90 Å². The third-order valence-electron chi connectivity index (χ3n) is 6.70. The lowest BCUT2D eigenvalue weighted by molar-refractivity contribution is -0.131. The van der Waals surface area contributed by atoms with Crippen LogP contribution in [-0.4, -0.2) is 40.9 Å². The Morgan fingerprint density at radius 2 is 1.45 bits per heavy atom. The molecular formula is C34H26N2O6. The number of anilines is 1. The summed E-state index contributed by atoms with van der Waals surface area (Å²) >= 11 is 0. The van der Waals surface area contributed by atoms with E-state index in [1.54, 1.807) is 66.7 Å². The number of benzene rings is 4. The molecule has 0 bridgehead atoms. The number of carbonyl (C=O) groups is 5. The number of hydrogen-bond donors (Lipinski definition) is 1. The summed E-state index contributed by atoms with van der Waals surface area (Å²) in [6.45, 7) is 1.36. The van der Waals surface area contributed by atoms with Crippen molar-refractivity contribution in [1.29, 1.82) is 0 Å². The Labute approximate surface area is 242 Å². The summed E-state index contributed by atoms with van der Waals surface area (Å²) in [7, 11) is 0. The van der Waals surface area contributed by atoms with Crippen LogP contribution in [0.5, 0.6) is 5.75 Å². The molecule has 0 radical (unpaired) electrons. The predicted octanol–water partition coefficient (Wildman–Crippen LogP) is 5.60. The molecule has 0 saturated heterocycles. The van der Waals surface area contributed by atoms with Crippen LogP contribution in [0.25, 0.3) is 6.08 Å². The van der Waals surface area contributed by atoms with E-state index in [0.29, 0.717) is 34.4 Å². The minimum atomic E-state index is -0.589. The number of nitrogens with zero attached hydrogens (tertiary/aromatic N) is 1. The Morgan fingerprint density at radius 3 is 2.10 bits per heavy atom. The average molecular weight is 559 g/mol. The van der Waals surface area contributed by atoms with E-state index in [2.05, 4.69) is 5.32 Å². The summed E-state index contributed by atoms with van der Waals surface area (Å²) in [5.41, 5.74) is 3.31. The minimum absolute atomic E-state index is 0.0716. The number of allylic oxidation sites excluding steroid dienone is 1. The first-order valence-electron chi connectivity index (χ1n) is 13.3. The molecule has 0 unspecified atom stereocenters. The zero-order valence-corrected chi connectivity index (χ0v) is 22.7. The maximum absolute atomic E-state index is 13.3. The number of rotatable bonds is 9. The lowest BCUT2D eigenvalue weighted by atomic mass is 10.1. The maximum atomic E-state index is 13.3. The lowest BCUT2D eigenvalue weighted by Crippen LogP contribution is -2.31. The Morgan fingerprint density at radius 1 is 0.810 bits per heavy atom. The number of carbonyl (C=O) groups excluding carboxylic acids is 5. The molecule has 8 nitrogen and oxygen atoms in total. The quantitative estimate of drug-likeness (QED) is 0.0942. The van der Waals surface area contributed by atoms with Crippen molar-refractivity contribution in [2.24, 2.45) is 0 Å². The molecular weight excluding hydrogens is 532 g/mol. The highest BCUT2D eigenvalue weighted by Gasteiger charge is 2.34. The maximum Gasteiger partial charge on any atom is 0.308 e. The fourth-order valence-corrected chi connectivity index (χ4v) is 4.59. The molecule has 0 atom stereocenters. The van der Waals surface area contributed by atoms with Gasteiger partial charge in [-0.05, 0) is 72.2 Å². The van der Waals surface area contributed by atoms with Gasteiger partial charge in [0.1, 0.15) is 5.75 Å². The van der Waals surface area contributed by atoms with Gasteiger partial charge in [-0.25, -0.2) is 0 Å². The van der Waals surface area contributed by atoms with Crippen molar-refractivity contribution in [3.8, 4) is 5.75 Å². The fourth-order valence-electron chi connectivity index (χ4n) is 4.59. The van der Waals surface area contributed by atoms with Gasteiger partial charge in [0.25, 0.3) is 17.7 Å². The van der Waals surface area contributed by atoms with E-state index in [0.717, 1.165) is 5.56 Å². The van der Waals surface area contributed by atoms with E-state index in [1.165, 1.54) is 24.0 Å².